The van der Waals surface area contributed by atoms with Gasteiger partial charge in [0.1, 0.15) is 6.10 Å². The van der Waals surface area contributed by atoms with E-state index in [-0.39, 0.29) is 11.9 Å². The molecule has 88 valence electrons. The summed E-state index contributed by atoms with van der Waals surface area (Å²) in [6, 6.07) is 0.0729. The summed E-state index contributed by atoms with van der Waals surface area (Å²) >= 11 is 0. The van der Waals surface area contributed by atoms with E-state index in [0.29, 0.717) is 0 Å². The van der Waals surface area contributed by atoms with Gasteiger partial charge in [-0.15, -0.1) is 0 Å². The molecule has 15 heavy (non-hydrogen) atoms. The van der Waals surface area contributed by atoms with Crippen LogP contribution in [0.5, 0.6) is 0 Å². The van der Waals surface area contributed by atoms with Crippen molar-refractivity contribution in [2.24, 2.45) is 0 Å². The number of aliphatic carboxylic acids is 1. The molecule has 5 nitrogen and oxygen atoms in total. The van der Waals surface area contributed by atoms with Gasteiger partial charge in [-0.2, -0.15) is 0 Å². The maximum atomic E-state index is 11.4. The number of carboxylic acids is 1. The van der Waals surface area contributed by atoms with E-state index in [4.69, 9.17) is 9.84 Å². The van der Waals surface area contributed by atoms with E-state index in [2.05, 4.69) is 5.32 Å². The van der Waals surface area contributed by atoms with Gasteiger partial charge in [0.05, 0.1) is 0 Å². The monoisotopic (exact) mass is 217 g/mol. The zero-order chi connectivity index (χ0) is 12.0. The van der Waals surface area contributed by atoms with E-state index < -0.39 is 18.2 Å². The number of amides is 1. The summed E-state index contributed by atoms with van der Waals surface area (Å²) < 4.78 is 5.01. The summed E-state index contributed by atoms with van der Waals surface area (Å²) in [4.78, 5) is 21.9. The van der Waals surface area contributed by atoms with Crippen molar-refractivity contribution >= 4 is 11.9 Å². The number of hydrogen-bond acceptors (Lipinski definition) is 3. The predicted molar refractivity (Wildman–Crippen MR) is 55.5 cm³/mol. The molecule has 3 atom stereocenters. The Morgan fingerprint density at radius 1 is 1.27 bits per heavy atom. The molecule has 0 radical (unpaired) electrons. The van der Waals surface area contributed by atoms with Gasteiger partial charge in [-0.3, -0.25) is 4.79 Å². The largest absolute Gasteiger partial charge is 0.479 e. The molecular formula is C10H19NO4. The highest BCUT2D eigenvalue weighted by Crippen LogP contribution is 2.00. The lowest BCUT2D eigenvalue weighted by Gasteiger charge is -2.18. The van der Waals surface area contributed by atoms with Gasteiger partial charge in [0, 0.05) is 6.04 Å². The van der Waals surface area contributed by atoms with Gasteiger partial charge in [0.2, 0.25) is 5.91 Å². The van der Waals surface area contributed by atoms with Crippen LogP contribution in [0.2, 0.25) is 0 Å². The lowest BCUT2D eigenvalue weighted by Crippen LogP contribution is -2.41. The molecule has 0 heterocycles. The van der Waals surface area contributed by atoms with Gasteiger partial charge in [0.25, 0.3) is 0 Å². The Hall–Kier alpha value is -1.10. The Labute approximate surface area is 89.8 Å². The molecule has 0 aromatic heterocycles. The van der Waals surface area contributed by atoms with Crippen molar-refractivity contribution < 1.29 is 19.4 Å². The molecule has 0 spiro atoms. The third-order valence-corrected chi connectivity index (χ3v) is 2.13. The van der Waals surface area contributed by atoms with E-state index in [0.717, 1.165) is 6.42 Å². The van der Waals surface area contributed by atoms with Crippen LogP contribution in [-0.2, 0) is 14.3 Å². The van der Waals surface area contributed by atoms with Crippen LogP contribution in [0.1, 0.15) is 34.1 Å². The molecule has 0 aliphatic carbocycles. The van der Waals surface area contributed by atoms with Gasteiger partial charge in [-0.05, 0) is 27.2 Å². The van der Waals surface area contributed by atoms with Crippen molar-refractivity contribution in [3.63, 3.8) is 0 Å². The van der Waals surface area contributed by atoms with Crippen molar-refractivity contribution in [3.8, 4) is 0 Å². The molecule has 0 bridgehead atoms. The standard InChI is InChI=1S/C10H19NO4/c1-5-6(2)11-9(12)7(3)15-8(4)10(13)14/h6-8H,5H2,1-4H3,(H,11,12)(H,13,14)/t6?,7?,8-/m1/s1. The van der Waals surface area contributed by atoms with E-state index >= 15 is 0 Å². The van der Waals surface area contributed by atoms with Crippen LogP contribution in [0.25, 0.3) is 0 Å². The zero-order valence-electron chi connectivity index (χ0n) is 9.61. The Morgan fingerprint density at radius 2 is 1.80 bits per heavy atom. The number of ether oxygens (including phenoxy) is 1. The summed E-state index contributed by atoms with van der Waals surface area (Å²) in [5, 5.41) is 11.3. The Balaban J connectivity index is 4.04. The zero-order valence-corrected chi connectivity index (χ0v) is 9.61. The topological polar surface area (TPSA) is 75.6 Å². The second-order valence-corrected chi connectivity index (χ2v) is 3.58. The SMILES string of the molecule is CCC(C)NC(=O)C(C)O[C@H](C)C(=O)O. The van der Waals surface area contributed by atoms with Crippen LogP contribution in [0.15, 0.2) is 0 Å². The Morgan fingerprint density at radius 3 is 2.20 bits per heavy atom. The average molecular weight is 217 g/mol. The molecule has 2 unspecified atom stereocenters. The second kappa shape index (κ2) is 6.40. The highest BCUT2D eigenvalue weighted by atomic mass is 16.5. The first-order valence-corrected chi connectivity index (χ1v) is 5.07. The van der Waals surface area contributed by atoms with E-state index in [1.54, 1.807) is 0 Å². The lowest BCUT2D eigenvalue weighted by atomic mass is 10.2. The highest BCUT2D eigenvalue weighted by Gasteiger charge is 2.21. The summed E-state index contributed by atoms with van der Waals surface area (Å²) in [6.07, 6.45) is -0.889. The Bertz CT molecular complexity index is 229. The van der Waals surface area contributed by atoms with Crippen LogP contribution in [0.3, 0.4) is 0 Å². The molecular weight excluding hydrogens is 198 g/mol. The van der Waals surface area contributed by atoms with Gasteiger partial charge < -0.3 is 15.2 Å². The third kappa shape index (κ3) is 5.37. The van der Waals surface area contributed by atoms with Crippen LogP contribution >= 0.6 is 0 Å². The van der Waals surface area contributed by atoms with Crippen molar-refractivity contribution in [1.29, 1.82) is 0 Å². The van der Waals surface area contributed by atoms with Crippen molar-refractivity contribution in [2.75, 3.05) is 0 Å². The maximum absolute atomic E-state index is 11.4. The number of carboxylic acid groups (broad SMARTS) is 1. The van der Waals surface area contributed by atoms with Crippen LogP contribution in [0.4, 0.5) is 0 Å². The number of nitrogens with one attached hydrogen (secondary N) is 1. The average Bonchev–Trinajstić information content (AvgIpc) is 2.16. The molecule has 0 aliphatic rings. The first-order valence-electron chi connectivity index (χ1n) is 5.07. The normalized spacial score (nSPS) is 16.5. The van der Waals surface area contributed by atoms with Gasteiger partial charge in [-0.25, -0.2) is 4.79 Å². The lowest BCUT2D eigenvalue weighted by molar-refractivity contribution is -0.155. The first kappa shape index (κ1) is 13.9. The minimum absolute atomic E-state index is 0.0729. The predicted octanol–water partition coefficient (Wildman–Crippen LogP) is 0.779. The van der Waals surface area contributed by atoms with Gasteiger partial charge >= 0.3 is 5.97 Å². The molecule has 0 aromatic rings. The second-order valence-electron chi connectivity index (χ2n) is 3.58. The first-order chi connectivity index (χ1) is 6.88. The molecule has 0 aliphatic heterocycles. The number of carbonyl (C=O) groups is 2. The number of rotatable bonds is 6. The fraction of sp³-hybridized carbons (Fsp3) is 0.800. The molecule has 0 saturated heterocycles. The minimum atomic E-state index is -1.07. The third-order valence-electron chi connectivity index (χ3n) is 2.13. The molecule has 0 aromatic carbocycles. The quantitative estimate of drug-likeness (QED) is 0.689. The molecule has 0 saturated carbocycles. The van der Waals surface area contributed by atoms with E-state index in [1.807, 2.05) is 13.8 Å². The van der Waals surface area contributed by atoms with E-state index in [1.165, 1.54) is 13.8 Å². The van der Waals surface area contributed by atoms with Crippen molar-refractivity contribution in [2.45, 2.75) is 52.4 Å². The van der Waals surface area contributed by atoms with E-state index in [9.17, 15) is 9.59 Å². The number of hydrogen-bond donors (Lipinski definition) is 2. The van der Waals surface area contributed by atoms with Crippen LogP contribution in [0, 0.1) is 0 Å². The van der Waals surface area contributed by atoms with Gasteiger partial charge in [0.15, 0.2) is 6.10 Å². The smallest absolute Gasteiger partial charge is 0.332 e. The van der Waals surface area contributed by atoms with Gasteiger partial charge in [-0.1, -0.05) is 6.92 Å². The van der Waals surface area contributed by atoms with Crippen molar-refractivity contribution in [1.82, 2.24) is 5.32 Å². The maximum Gasteiger partial charge on any atom is 0.332 e. The van der Waals surface area contributed by atoms with Crippen molar-refractivity contribution in [3.05, 3.63) is 0 Å². The Kier molecular flexibility index (Phi) is 5.93. The summed E-state index contributed by atoms with van der Waals surface area (Å²) in [5.74, 6) is -1.35. The highest BCUT2D eigenvalue weighted by molar-refractivity contribution is 5.81. The summed E-state index contributed by atoms with van der Waals surface area (Å²) in [5.41, 5.74) is 0. The summed E-state index contributed by atoms with van der Waals surface area (Å²) in [7, 11) is 0. The fourth-order valence-corrected chi connectivity index (χ4v) is 0.888. The summed E-state index contributed by atoms with van der Waals surface area (Å²) in [6.45, 7) is 6.77. The molecule has 0 fully saturated rings. The fourth-order valence-electron chi connectivity index (χ4n) is 0.888. The molecule has 5 heteroatoms. The van der Waals surface area contributed by atoms with Crippen LogP contribution in [-0.4, -0.2) is 35.2 Å². The molecule has 1 amide bonds. The molecule has 0 rings (SSSR count). The number of carbonyl (C=O) groups excluding carboxylic acids is 1. The molecule has 2 N–H and O–H groups in total. The minimum Gasteiger partial charge on any atom is -0.479 e. The van der Waals surface area contributed by atoms with Crippen LogP contribution < -0.4 is 5.32 Å².